The van der Waals surface area contributed by atoms with Crippen LogP contribution >= 0.6 is 12.4 Å². The lowest BCUT2D eigenvalue weighted by atomic mass is 9.90. The molecule has 1 saturated heterocycles. The molecule has 0 spiro atoms. The fraction of sp³-hybridized carbons (Fsp3) is 0.348. The lowest BCUT2D eigenvalue weighted by molar-refractivity contribution is -0.139. The Hall–Kier alpha value is -2.50. The largest absolute Gasteiger partial charge is 0.477 e. The van der Waals surface area contributed by atoms with E-state index in [4.69, 9.17) is 4.74 Å². The van der Waals surface area contributed by atoms with Crippen molar-refractivity contribution in [3.05, 3.63) is 65.9 Å². The molecule has 1 aromatic heterocycles. The van der Waals surface area contributed by atoms with Crippen molar-refractivity contribution in [2.24, 2.45) is 0 Å². The summed E-state index contributed by atoms with van der Waals surface area (Å²) in [5, 5.41) is 7.66. The van der Waals surface area contributed by atoms with Crippen LogP contribution in [0.25, 0.3) is 10.9 Å². The number of fused-ring (bicyclic) bond motifs is 1. The number of aryl methyl sites for hydroxylation is 1. The number of para-hydroxylation sites is 1. The van der Waals surface area contributed by atoms with Crippen LogP contribution in [0, 0.1) is 6.92 Å². The fourth-order valence-electron chi connectivity index (χ4n) is 3.85. The Balaban J connectivity index is 0.00000240. The van der Waals surface area contributed by atoms with Crippen molar-refractivity contribution in [2.45, 2.75) is 31.8 Å². The Morgan fingerprint density at radius 2 is 1.83 bits per heavy atom. The zero-order valence-electron chi connectivity index (χ0n) is 16.7. The van der Waals surface area contributed by atoms with E-state index < -0.39 is 5.60 Å². The van der Waals surface area contributed by atoms with Crippen LogP contribution in [0.3, 0.4) is 0 Å². The third kappa shape index (κ3) is 4.74. The van der Waals surface area contributed by atoms with Gasteiger partial charge in [0.2, 0.25) is 0 Å². The Labute approximate surface area is 177 Å². The van der Waals surface area contributed by atoms with Crippen LogP contribution in [0.15, 0.2) is 54.7 Å². The van der Waals surface area contributed by atoms with E-state index in [1.807, 2.05) is 49.5 Å². The van der Waals surface area contributed by atoms with Crippen LogP contribution in [-0.2, 0) is 11.2 Å². The molecule has 2 aromatic carbocycles. The lowest BCUT2D eigenvalue weighted by Gasteiger charge is -2.36. The van der Waals surface area contributed by atoms with E-state index in [0.717, 1.165) is 30.8 Å². The molecule has 1 aliphatic rings. The number of H-pyrrole nitrogens is 1. The number of rotatable bonds is 6. The summed E-state index contributed by atoms with van der Waals surface area (Å²) in [6, 6.07) is 16.1. The summed E-state index contributed by atoms with van der Waals surface area (Å²) in [6.45, 7) is 4.19. The number of benzene rings is 2. The number of nitrogens with one attached hydrogen (secondary N) is 3. The SMILES string of the molecule is Cc1ccc(OC2(C(=O)NCCc3c[nH]c4ccccc34)CCNCC2)cc1.Cl. The molecule has 1 aliphatic heterocycles. The third-order valence-corrected chi connectivity index (χ3v) is 5.51. The second-order valence-electron chi connectivity index (χ2n) is 7.52. The highest BCUT2D eigenvalue weighted by Crippen LogP contribution is 2.27. The summed E-state index contributed by atoms with van der Waals surface area (Å²) in [4.78, 5) is 16.4. The number of amides is 1. The van der Waals surface area contributed by atoms with E-state index in [9.17, 15) is 4.79 Å². The Kier molecular flexibility index (Phi) is 6.83. The highest BCUT2D eigenvalue weighted by atomic mass is 35.5. The second-order valence-corrected chi connectivity index (χ2v) is 7.52. The molecule has 2 heterocycles. The van der Waals surface area contributed by atoms with Crippen molar-refractivity contribution >= 4 is 29.2 Å². The standard InChI is InChI=1S/C23H27N3O2.ClH/c1-17-6-8-19(9-7-17)28-23(11-14-24-15-12-23)22(27)25-13-10-18-16-26-21-5-3-2-4-20(18)21;/h2-9,16,24,26H,10-15H2,1H3,(H,25,27);1H. The van der Waals surface area contributed by atoms with Crippen LogP contribution in [0.5, 0.6) is 5.75 Å². The fourth-order valence-corrected chi connectivity index (χ4v) is 3.85. The minimum Gasteiger partial charge on any atom is -0.477 e. The molecular formula is C23H28ClN3O2. The number of piperidine rings is 1. The Morgan fingerprint density at radius 3 is 2.59 bits per heavy atom. The van der Waals surface area contributed by atoms with Gasteiger partial charge in [-0.05, 0) is 50.2 Å². The molecule has 0 aliphatic carbocycles. The third-order valence-electron chi connectivity index (χ3n) is 5.51. The first-order chi connectivity index (χ1) is 13.7. The number of halogens is 1. The molecule has 1 amide bonds. The van der Waals surface area contributed by atoms with E-state index in [1.165, 1.54) is 16.5 Å². The molecule has 0 saturated carbocycles. The number of aromatic nitrogens is 1. The molecule has 5 nitrogen and oxygen atoms in total. The topological polar surface area (TPSA) is 66.1 Å². The van der Waals surface area contributed by atoms with Crippen molar-refractivity contribution in [2.75, 3.05) is 19.6 Å². The van der Waals surface area contributed by atoms with Crippen LogP contribution in [0.4, 0.5) is 0 Å². The van der Waals surface area contributed by atoms with Gasteiger partial charge in [0.1, 0.15) is 5.75 Å². The van der Waals surface area contributed by atoms with Gasteiger partial charge in [-0.3, -0.25) is 4.79 Å². The zero-order valence-corrected chi connectivity index (χ0v) is 17.5. The maximum Gasteiger partial charge on any atom is 0.264 e. The maximum absolute atomic E-state index is 13.1. The van der Waals surface area contributed by atoms with Gasteiger partial charge in [-0.1, -0.05) is 35.9 Å². The molecule has 154 valence electrons. The summed E-state index contributed by atoms with van der Waals surface area (Å²) in [5.74, 6) is 0.730. The second kappa shape index (κ2) is 9.33. The highest BCUT2D eigenvalue weighted by molar-refractivity contribution is 5.86. The predicted molar refractivity (Wildman–Crippen MR) is 119 cm³/mol. The van der Waals surface area contributed by atoms with Crippen molar-refractivity contribution < 1.29 is 9.53 Å². The van der Waals surface area contributed by atoms with Crippen molar-refractivity contribution in [1.29, 1.82) is 0 Å². The molecule has 3 aromatic rings. The first kappa shape index (κ1) is 21.2. The van der Waals surface area contributed by atoms with E-state index in [-0.39, 0.29) is 18.3 Å². The van der Waals surface area contributed by atoms with Crippen LogP contribution in [0.2, 0.25) is 0 Å². The first-order valence-electron chi connectivity index (χ1n) is 9.96. The van der Waals surface area contributed by atoms with Gasteiger partial charge in [0, 0.05) is 36.5 Å². The number of carbonyl (C=O) groups is 1. The molecular weight excluding hydrogens is 386 g/mol. The summed E-state index contributed by atoms with van der Waals surface area (Å²) < 4.78 is 6.26. The minimum absolute atomic E-state index is 0. The molecule has 0 atom stereocenters. The number of hydrogen-bond donors (Lipinski definition) is 3. The quantitative estimate of drug-likeness (QED) is 0.576. The van der Waals surface area contributed by atoms with Gasteiger partial charge in [0.25, 0.3) is 5.91 Å². The molecule has 1 fully saturated rings. The molecule has 0 radical (unpaired) electrons. The number of hydrogen-bond acceptors (Lipinski definition) is 3. The lowest BCUT2D eigenvalue weighted by Crippen LogP contribution is -2.56. The van der Waals surface area contributed by atoms with Gasteiger partial charge in [0.15, 0.2) is 5.60 Å². The summed E-state index contributed by atoms with van der Waals surface area (Å²) in [7, 11) is 0. The van der Waals surface area contributed by atoms with Crippen molar-refractivity contribution in [3.63, 3.8) is 0 Å². The van der Waals surface area contributed by atoms with E-state index >= 15 is 0 Å². The van der Waals surface area contributed by atoms with Crippen molar-refractivity contribution in [1.82, 2.24) is 15.6 Å². The highest BCUT2D eigenvalue weighted by Gasteiger charge is 2.41. The first-order valence-corrected chi connectivity index (χ1v) is 9.96. The van der Waals surface area contributed by atoms with Gasteiger partial charge in [-0.2, -0.15) is 0 Å². The van der Waals surface area contributed by atoms with Crippen LogP contribution in [0.1, 0.15) is 24.0 Å². The van der Waals surface area contributed by atoms with Gasteiger partial charge >= 0.3 is 0 Å². The smallest absolute Gasteiger partial charge is 0.264 e. The summed E-state index contributed by atoms with van der Waals surface area (Å²) >= 11 is 0. The zero-order chi connectivity index (χ0) is 19.4. The van der Waals surface area contributed by atoms with E-state index in [1.54, 1.807) is 0 Å². The number of aromatic amines is 1. The minimum atomic E-state index is -0.805. The molecule has 4 rings (SSSR count). The van der Waals surface area contributed by atoms with E-state index in [2.05, 4.69) is 27.8 Å². The van der Waals surface area contributed by atoms with Crippen molar-refractivity contribution in [3.8, 4) is 5.75 Å². The molecule has 6 heteroatoms. The molecule has 0 unspecified atom stereocenters. The summed E-state index contributed by atoms with van der Waals surface area (Å²) in [6.07, 6.45) is 4.15. The van der Waals surface area contributed by atoms with E-state index in [0.29, 0.717) is 19.4 Å². The van der Waals surface area contributed by atoms with Gasteiger partial charge < -0.3 is 20.4 Å². The monoisotopic (exact) mass is 413 g/mol. The molecule has 0 bridgehead atoms. The molecule has 29 heavy (non-hydrogen) atoms. The summed E-state index contributed by atoms with van der Waals surface area (Å²) in [5.41, 5.74) is 2.71. The van der Waals surface area contributed by atoms with Crippen LogP contribution in [-0.4, -0.2) is 36.1 Å². The van der Waals surface area contributed by atoms with Gasteiger partial charge in [-0.15, -0.1) is 12.4 Å². The average Bonchev–Trinajstić information content (AvgIpc) is 3.14. The van der Waals surface area contributed by atoms with Gasteiger partial charge in [-0.25, -0.2) is 0 Å². The number of ether oxygens (including phenoxy) is 1. The normalized spacial score (nSPS) is 15.5. The average molecular weight is 414 g/mol. The van der Waals surface area contributed by atoms with Gasteiger partial charge in [0.05, 0.1) is 0 Å². The maximum atomic E-state index is 13.1. The predicted octanol–water partition coefficient (Wildman–Crippen LogP) is 3.76. The Morgan fingerprint density at radius 1 is 1.10 bits per heavy atom. The van der Waals surface area contributed by atoms with Crippen LogP contribution < -0.4 is 15.4 Å². The molecule has 3 N–H and O–H groups in total. The Bertz CT molecular complexity index is 946. The number of carbonyl (C=O) groups excluding carboxylic acids is 1.